The molecule has 0 saturated heterocycles. The van der Waals surface area contributed by atoms with Gasteiger partial charge in [0.05, 0.1) is 22.9 Å². The number of anilines is 1. The molecule has 26 heavy (non-hydrogen) atoms. The van der Waals surface area contributed by atoms with Crippen molar-refractivity contribution in [2.75, 3.05) is 5.32 Å². The van der Waals surface area contributed by atoms with Gasteiger partial charge in [0.2, 0.25) is 11.8 Å². The van der Waals surface area contributed by atoms with Crippen molar-refractivity contribution in [1.82, 2.24) is 5.32 Å². The Morgan fingerprint density at radius 3 is 2.31 bits per heavy atom. The van der Waals surface area contributed by atoms with Crippen molar-refractivity contribution in [1.29, 1.82) is 0 Å². The number of halogens is 2. The quantitative estimate of drug-likeness (QED) is 0.774. The van der Waals surface area contributed by atoms with Gasteiger partial charge in [-0.1, -0.05) is 23.2 Å². The molecule has 1 aromatic carbocycles. The first-order valence-electron chi connectivity index (χ1n) is 8.59. The van der Waals surface area contributed by atoms with Crippen LogP contribution in [-0.4, -0.2) is 11.8 Å². The number of hydrogen-bond acceptors (Lipinski definition) is 3. The molecule has 5 nitrogen and oxygen atoms in total. The maximum Gasteiger partial charge on any atom is 0.227 e. The van der Waals surface area contributed by atoms with Gasteiger partial charge < -0.3 is 15.1 Å². The smallest absolute Gasteiger partial charge is 0.227 e. The zero-order valence-corrected chi connectivity index (χ0v) is 15.6. The Morgan fingerprint density at radius 1 is 1.00 bits per heavy atom. The predicted octanol–water partition coefficient (Wildman–Crippen LogP) is 4.65. The van der Waals surface area contributed by atoms with Crippen molar-refractivity contribution in [2.24, 2.45) is 11.8 Å². The lowest BCUT2D eigenvalue weighted by molar-refractivity contribution is -0.128. The Balaban J connectivity index is 1.45. The number of hydrogen-bond donors (Lipinski definition) is 2. The molecule has 0 aliphatic heterocycles. The van der Waals surface area contributed by atoms with Crippen LogP contribution in [0.1, 0.15) is 31.4 Å². The van der Waals surface area contributed by atoms with E-state index >= 15 is 0 Å². The number of furan rings is 1. The molecular weight excluding hydrogens is 375 g/mol. The molecule has 0 radical (unpaired) electrons. The highest BCUT2D eigenvalue weighted by Crippen LogP contribution is 2.31. The minimum atomic E-state index is -0.0985. The molecule has 1 aliphatic rings. The van der Waals surface area contributed by atoms with Crippen LogP contribution < -0.4 is 10.6 Å². The second-order valence-corrected chi connectivity index (χ2v) is 7.28. The zero-order valence-electron chi connectivity index (χ0n) is 14.1. The van der Waals surface area contributed by atoms with Gasteiger partial charge in [0.1, 0.15) is 5.76 Å². The molecule has 2 amide bonds. The lowest BCUT2D eigenvalue weighted by atomic mass is 9.81. The van der Waals surface area contributed by atoms with Crippen LogP contribution in [-0.2, 0) is 16.1 Å². The number of amides is 2. The highest BCUT2D eigenvalue weighted by molar-refractivity contribution is 6.42. The first kappa shape index (κ1) is 18.8. The van der Waals surface area contributed by atoms with Crippen molar-refractivity contribution in [3.05, 3.63) is 52.4 Å². The van der Waals surface area contributed by atoms with Gasteiger partial charge in [-0.15, -0.1) is 0 Å². The summed E-state index contributed by atoms with van der Waals surface area (Å²) in [6.45, 7) is 0.392. The van der Waals surface area contributed by atoms with Crippen molar-refractivity contribution >= 4 is 40.7 Å². The van der Waals surface area contributed by atoms with Gasteiger partial charge in [-0.3, -0.25) is 9.59 Å². The molecule has 1 fully saturated rings. The molecule has 0 bridgehead atoms. The third-order valence-corrected chi connectivity index (χ3v) is 5.41. The van der Waals surface area contributed by atoms with Crippen LogP contribution in [0.4, 0.5) is 5.69 Å². The number of benzene rings is 1. The summed E-state index contributed by atoms with van der Waals surface area (Å²) in [7, 11) is 0. The number of carbonyl (C=O) groups is 2. The lowest BCUT2D eigenvalue weighted by Crippen LogP contribution is -2.35. The highest BCUT2D eigenvalue weighted by Gasteiger charge is 2.30. The van der Waals surface area contributed by atoms with Gasteiger partial charge in [-0.2, -0.15) is 0 Å². The van der Waals surface area contributed by atoms with E-state index in [4.69, 9.17) is 27.6 Å². The van der Waals surface area contributed by atoms with Gasteiger partial charge >= 0.3 is 0 Å². The Hall–Kier alpha value is -1.98. The van der Waals surface area contributed by atoms with Crippen LogP contribution in [0.5, 0.6) is 0 Å². The Morgan fingerprint density at radius 2 is 1.69 bits per heavy atom. The summed E-state index contributed by atoms with van der Waals surface area (Å²) < 4.78 is 5.21. The fourth-order valence-electron chi connectivity index (χ4n) is 3.17. The summed E-state index contributed by atoms with van der Waals surface area (Å²) >= 11 is 11.9. The molecular formula is C19H20Cl2N2O3. The first-order chi connectivity index (χ1) is 12.5. The van der Waals surface area contributed by atoms with Crippen molar-refractivity contribution < 1.29 is 14.0 Å². The molecule has 1 saturated carbocycles. The van der Waals surface area contributed by atoms with Gasteiger partial charge in [-0.05, 0) is 56.0 Å². The highest BCUT2D eigenvalue weighted by atomic mass is 35.5. The summed E-state index contributed by atoms with van der Waals surface area (Å²) in [6.07, 6.45) is 4.35. The van der Waals surface area contributed by atoms with Crippen LogP contribution in [0.25, 0.3) is 0 Å². The zero-order chi connectivity index (χ0) is 18.5. The minimum Gasteiger partial charge on any atom is -0.467 e. The van der Waals surface area contributed by atoms with E-state index in [2.05, 4.69) is 10.6 Å². The van der Waals surface area contributed by atoms with E-state index in [0.29, 0.717) is 48.0 Å². The Kier molecular flexibility index (Phi) is 6.22. The summed E-state index contributed by atoms with van der Waals surface area (Å²) in [5.41, 5.74) is 0.628. The van der Waals surface area contributed by atoms with Gasteiger partial charge in [-0.25, -0.2) is 0 Å². The Labute approximate surface area is 162 Å². The van der Waals surface area contributed by atoms with Crippen LogP contribution >= 0.6 is 23.2 Å². The van der Waals surface area contributed by atoms with Gasteiger partial charge in [0, 0.05) is 17.5 Å². The predicted molar refractivity (Wildman–Crippen MR) is 101 cm³/mol. The van der Waals surface area contributed by atoms with Gasteiger partial charge in [0.25, 0.3) is 0 Å². The maximum absolute atomic E-state index is 12.4. The molecule has 3 rings (SSSR count). The lowest BCUT2D eigenvalue weighted by Gasteiger charge is -2.27. The molecule has 1 aliphatic carbocycles. The topological polar surface area (TPSA) is 71.3 Å². The van der Waals surface area contributed by atoms with E-state index in [1.165, 1.54) is 0 Å². The van der Waals surface area contributed by atoms with Crippen molar-refractivity contribution in [3.63, 3.8) is 0 Å². The number of nitrogens with one attached hydrogen (secondary N) is 2. The molecule has 0 unspecified atom stereocenters. The second kappa shape index (κ2) is 8.60. The molecule has 1 heterocycles. The third kappa shape index (κ3) is 4.80. The van der Waals surface area contributed by atoms with Crippen molar-refractivity contribution in [3.8, 4) is 0 Å². The normalized spacial score (nSPS) is 19.8. The van der Waals surface area contributed by atoms with E-state index in [9.17, 15) is 9.59 Å². The fourth-order valence-corrected chi connectivity index (χ4v) is 3.47. The summed E-state index contributed by atoms with van der Waals surface area (Å²) in [5.74, 6) is 0.549. The molecule has 0 spiro atoms. The number of rotatable bonds is 5. The average Bonchev–Trinajstić information content (AvgIpc) is 3.16. The average molecular weight is 395 g/mol. The fraction of sp³-hybridized carbons (Fsp3) is 0.368. The third-order valence-electron chi connectivity index (χ3n) is 4.67. The standard InChI is InChI=1S/C19H20Cl2N2O3/c20-16-8-7-14(10-17(16)21)23-19(25)13-5-3-12(4-6-13)18(24)22-11-15-2-1-9-26-15/h1-2,7-10,12-13H,3-6,11H2,(H,22,24)(H,23,25). The molecule has 0 atom stereocenters. The first-order valence-corrected chi connectivity index (χ1v) is 9.34. The summed E-state index contributed by atoms with van der Waals surface area (Å²) in [5, 5.41) is 6.62. The monoisotopic (exact) mass is 394 g/mol. The second-order valence-electron chi connectivity index (χ2n) is 6.46. The van der Waals surface area contributed by atoms with E-state index in [-0.39, 0.29) is 23.7 Å². The molecule has 7 heteroatoms. The molecule has 2 aromatic rings. The van der Waals surface area contributed by atoms with Crippen LogP contribution in [0, 0.1) is 11.8 Å². The van der Waals surface area contributed by atoms with Crippen LogP contribution in [0.3, 0.4) is 0 Å². The largest absolute Gasteiger partial charge is 0.467 e. The number of carbonyl (C=O) groups excluding carboxylic acids is 2. The molecule has 138 valence electrons. The molecule has 1 aromatic heterocycles. The van der Waals surface area contributed by atoms with Crippen molar-refractivity contribution in [2.45, 2.75) is 32.2 Å². The van der Waals surface area contributed by atoms with Crippen LogP contribution in [0.15, 0.2) is 41.0 Å². The summed E-state index contributed by atoms with van der Waals surface area (Å²) in [6, 6.07) is 8.62. The minimum absolute atomic E-state index is 0.0183. The Bertz CT molecular complexity index is 769. The SMILES string of the molecule is O=C(NCc1ccco1)C1CCC(C(=O)Nc2ccc(Cl)c(Cl)c2)CC1. The van der Waals surface area contributed by atoms with E-state index in [0.717, 1.165) is 5.76 Å². The van der Waals surface area contributed by atoms with E-state index < -0.39 is 0 Å². The molecule has 2 N–H and O–H groups in total. The maximum atomic E-state index is 12.4. The van der Waals surface area contributed by atoms with E-state index in [1.807, 2.05) is 6.07 Å². The van der Waals surface area contributed by atoms with Gasteiger partial charge in [0.15, 0.2) is 0 Å². The summed E-state index contributed by atoms with van der Waals surface area (Å²) in [4.78, 5) is 24.7. The van der Waals surface area contributed by atoms with E-state index in [1.54, 1.807) is 30.5 Å². The van der Waals surface area contributed by atoms with Crippen LogP contribution in [0.2, 0.25) is 10.0 Å².